The Hall–Kier alpha value is -2.33. The van der Waals surface area contributed by atoms with Gasteiger partial charge in [-0.25, -0.2) is 0 Å². The molecule has 2 amide bonds. The van der Waals surface area contributed by atoms with Crippen molar-refractivity contribution in [2.75, 3.05) is 11.9 Å². The SMILES string of the molecule is CCCNC(=O)c1ccccc1NC(=O)Cc1cccc(Cl)c1. The number of halogens is 1. The topological polar surface area (TPSA) is 58.2 Å². The first kappa shape index (κ1) is 17.0. The van der Waals surface area contributed by atoms with Gasteiger partial charge in [-0.15, -0.1) is 0 Å². The summed E-state index contributed by atoms with van der Waals surface area (Å²) in [4.78, 5) is 24.3. The van der Waals surface area contributed by atoms with Crippen LogP contribution in [0.2, 0.25) is 5.02 Å². The zero-order valence-electron chi connectivity index (χ0n) is 12.9. The maximum absolute atomic E-state index is 12.2. The molecule has 0 aliphatic rings. The molecule has 0 bridgehead atoms. The number of benzene rings is 2. The van der Waals surface area contributed by atoms with E-state index in [4.69, 9.17) is 11.6 Å². The molecule has 0 heterocycles. The minimum absolute atomic E-state index is 0.189. The summed E-state index contributed by atoms with van der Waals surface area (Å²) >= 11 is 5.92. The number of hydrogen-bond acceptors (Lipinski definition) is 2. The van der Waals surface area contributed by atoms with E-state index >= 15 is 0 Å². The third kappa shape index (κ3) is 5.11. The van der Waals surface area contributed by atoms with Gasteiger partial charge in [0.15, 0.2) is 0 Å². The maximum atomic E-state index is 12.2. The molecule has 0 aliphatic heterocycles. The zero-order chi connectivity index (χ0) is 16.7. The Labute approximate surface area is 140 Å². The van der Waals surface area contributed by atoms with Gasteiger partial charge in [0, 0.05) is 11.6 Å². The molecule has 2 aromatic carbocycles. The van der Waals surface area contributed by atoms with Gasteiger partial charge in [0.2, 0.25) is 5.91 Å². The summed E-state index contributed by atoms with van der Waals surface area (Å²) in [5.41, 5.74) is 1.79. The highest BCUT2D eigenvalue weighted by atomic mass is 35.5. The van der Waals surface area contributed by atoms with E-state index < -0.39 is 0 Å². The molecule has 5 heteroatoms. The number of hydrogen-bond donors (Lipinski definition) is 2. The predicted molar refractivity (Wildman–Crippen MR) is 92.9 cm³/mol. The number of para-hydroxylation sites is 1. The van der Waals surface area contributed by atoms with Crippen LogP contribution >= 0.6 is 11.6 Å². The van der Waals surface area contributed by atoms with Crippen molar-refractivity contribution < 1.29 is 9.59 Å². The van der Waals surface area contributed by atoms with Gasteiger partial charge in [-0.1, -0.05) is 42.8 Å². The average Bonchev–Trinajstić information content (AvgIpc) is 2.53. The highest BCUT2D eigenvalue weighted by molar-refractivity contribution is 6.30. The van der Waals surface area contributed by atoms with Crippen LogP contribution in [0.5, 0.6) is 0 Å². The van der Waals surface area contributed by atoms with E-state index in [1.54, 1.807) is 42.5 Å². The van der Waals surface area contributed by atoms with Gasteiger partial charge in [-0.3, -0.25) is 9.59 Å². The lowest BCUT2D eigenvalue weighted by atomic mass is 10.1. The summed E-state index contributed by atoms with van der Waals surface area (Å²) in [6.07, 6.45) is 1.06. The van der Waals surface area contributed by atoms with Gasteiger partial charge in [-0.2, -0.15) is 0 Å². The van der Waals surface area contributed by atoms with Crippen LogP contribution in [0.15, 0.2) is 48.5 Å². The third-order valence-electron chi connectivity index (χ3n) is 3.24. The lowest BCUT2D eigenvalue weighted by Crippen LogP contribution is -2.26. The maximum Gasteiger partial charge on any atom is 0.253 e. The van der Waals surface area contributed by atoms with Gasteiger partial charge in [0.05, 0.1) is 17.7 Å². The van der Waals surface area contributed by atoms with Crippen LogP contribution in [-0.2, 0) is 11.2 Å². The molecule has 0 aliphatic carbocycles. The van der Waals surface area contributed by atoms with Gasteiger partial charge >= 0.3 is 0 Å². The summed E-state index contributed by atoms with van der Waals surface area (Å²) in [5, 5.41) is 6.20. The summed E-state index contributed by atoms with van der Waals surface area (Å²) in [6, 6.07) is 14.1. The Balaban J connectivity index is 2.07. The number of anilines is 1. The first-order valence-electron chi connectivity index (χ1n) is 7.51. The second-order valence-electron chi connectivity index (χ2n) is 5.16. The van der Waals surface area contributed by atoms with Crippen molar-refractivity contribution in [1.82, 2.24) is 5.32 Å². The van der Waals surface area contributed by atoms with Crippen molar-refractivity contribution in [3.63, 3.8) is 0 Å². The molecule has 2 rings (SSSR count). The molecule has 0 fully saturated rings. The molecule has 23 heavy (non-hydrogen) atoms. The Morgan fingerprint density at radius 2 is 1.87 bits per heavy atom. The average molecular weight is 331 g/mol. The van der Waals surface area contributed by atoms with Crippen LogP contribution in [0.3, 0.4) is 0 Å². The van der Waals surface area contributed by atoms with Crippen LogP contribution in [0.4, 0.5) is 5.69 Å². The predicted octanol–water partition coefficient (Wildman–Crippen LogP) is 3.66. The largest absolute Gasteiger partial charge is 0.352 e. The second kappa shape index (κ2) is 8.34. The summed E-state index contributed by atoms with van der Waals surface area (Å²) in [5.74, 6) is -0.381. The van der Waals surface area contributed by atoms with E-state index in [9.17, 15) is 9.59 Å². The van der Waals surface area contributed by atoms with Crippen molar-refractivity contribution in [3.8, 4) is 0 Å². The standard InChI is InChI=1S/C18H19ClN2O2/c1-2-10-20-18(23)15-8-3-4-9-16(15)21-17(22)12-13-6-5-7-14(19)11-13/h3-9,11H,2,10,12H2,1H3,(H,20,23)(H,21,22). The lowest BCUT2D eigenvalue weighted by Gasteiger charge is -2.11. The molecular weight excluding hydrogens is 312 g/mol. The Bertz CT molecular complexity index is 701. The Morgan fingerprint density at radius 1 is 1.09 bits per heavy atom. The fraction of sp³-hybridized carbons (Fsp3) is 0.222. The van der Waals surface area contributed by atoms with E-state index in [0.29, 0.717) is 22.8 Å². The molecule has 0 radical (unpaired) electrons. The third-order valence-corrected chi connectivity index (χ3v) is 3.47. The van der Waals surface area contributed by atoms with Gasteiger partial charge in [0.1, 0.15) is 0 Å². The van der Waals surface area contributed by atoms with Gasteiger partial charge < -0.3 is 10.6 Å². The van der Waals surface area contributed by atoms with Crippen molar-refractivity contribution in [2.45, 2.75) is 19.8 Å². The summed E-state index contributed by atoms with van der Waals surface area (Å²) in [6.45, 7) is 2.59. The molecule has 0 saturated heterocycles. The van der Waals surface area contributed by atoms with Crippen LogP contribution < -0.4 is 10.6 Å². The molecule has 0 atom stereocenters. The molecule has 2 N–H and O–H groups in total. The zero-order valence-corrected chi connectivity index (χ0v) is 13.7. The van der Waals surface area contributed by atoms with E-state index in [2.05, 4.69) is 10.6 Å². The van der Waals surface area contributed by atoms with Crippen LogP contribution in [-0.4, -0.2) is 18.4 Å². The number of amides is 2. The first-order valence-corrected chi connectivity index (χ1v) is 7.89. The fourth-order valence-electron chi connectivity index (χ4n) is 2.15. The minimum Gasteiger partial charge on any atom is -0.352 e. The van der Waals surface area contributed by atoms with Crippen LogP contribution in [0.1, 0.15) is 29.3 Å². The van der Waals surface area contributed by atoms with E-state index in [-0.39, 0.29) is 18.2 Å². The monoisotopic (exact) mass is 330 g/mol. The summed E-state index contributed by atoms with van der Waals surface area (Å²) < 4.78 is 0. The van der Waals surface area contributed by atoms with Crippen molar-refractivity contribution >= 4 is 29.1 Å². The van der Waals surface area contributed by atoms with Crippen LogP contribution in [0, 0.1) is 0 Å². The molecule has 2 aromatic rings. The lowest BCUT2D eigenvalue weighted by molar-refractivity contribution is -0.115. The summed E-state index contributed by atoms with van der Waals surface area (Å²) in [7, 11) is 0. The second-order valence-corrected chi connectivity index (χ2v) is 5.59. The van der Waals surface area contributed by atoms with E-state index in [1.807, 2.05) is 13.0 Å². The van der Waals surface area contributed by atoms with Crippen molar-refractivity contribution in [2.24, 2.45) is 0 Å². The smallest absolute Gasteiger partial charge is 0.253 e. The number of nitrogens with one attached hydrogen (secondary N) is 2. The molecule has 0 saturated carbocycles. The Morgan fingerprint density at radius 3 is 2.61 bits per heavy atom. The molecule has 0 aromatic heterocycles. The molecule has 0 unspecified atom stereocenters. The molecular formula is C18H19ClN2O2. The molecule has 0 spiro atoms. The number of carbonyl (C=O) groups excluding carboxylic acids is 2. The van der Waals surface area contributed by atoms with Crippen molar-refractivity contribution in [1.29, 1.82) is 0 Å². The normalized spacial score (nSPS) is 10.2. The van der Waals surface area contributed by atoms with E-state index in [1.165, 1.54) is 0 Å². The number of rotatable bonds is 6. The van der Waals surface area contributed by atoms with E-state index in [0.717, 1.165) is 12.0 Å². The molecule has 4 nitrogen and oxygen atoms in total. The minimum atomic E-state index is -0.192. The number of carbonyl (C=O) groups is 2. The first-order chi connectivity index (χ1) is 11.1. The fourth-order valence-corrected chi connectivity index (χ4v) is 2.36. The molecule has 120 valence electrons. The van der Waals surface area contributed by atoms with Crippen molar-refractivity contribution in [3.05, 3.63) is 64.7 Å². The van der Waals surface area contributed by atoms with Gasteiger partial charge in [0.25, 0.3) is 5.91 Å². The van der Waals surface area contributed by atoms with Gasteiger partial charge in [-0.05, 0) is 36.2 Å². The quantitative estimate of drug-likeness (QED) is 0.849. The van der Waals surface area contributed by atoms with Crippen LogP contribution in [0.25, 0.3) is 0 Å². The highest BCUT2D eigenvalue weighted by Gasteiger charge is 2.12. The Kier molecular flexibility index (Phi) is 6.18. The highest BCUT2D eigenvalue weighted by Crippen LogP contribution is 2.16.